The van der Waals surface area contributed by atoms with Crippen molar-refractivity contribution in [2.75, 3.05) is 19.6 Å². The molecule has 1 rings (SSSR count). The number of hydrogen-bond donors (Lipinski definition) is 1. The van der Waals surface area contributed by atoms with Crippen LogP contribution in [-0.4, -0.2) is 30.6 Å². The summed E-state index contributed by atoms with van der Waals surface area (Å²) < 4.78 is 0. The lowest BCUT2D eigenvalue weighted by atomic mass is 10.0. The van der Waals surface area contributed by atoms with E-state index < -0.39 is 0 Å². The summed E-state index contributed by atoms with van der Waals surface area (Å²) in [5.74, 6) is 0. The van der Waals surface area contributed by atoms with Crippen molar-refractivity contribution in [3.63, 3.8) is 0 Å². The Morgan fingerprint density at radius 3 is 2.36 bits per heavy atom. The Balaban J connectivity index is 2.39. The highest BCUT2D eigenvalue weighted by Crippen LogP contribution is 2.49. The molecule has 0 spiro atoms. The Labute approximate surface area is 88.8 Å². The molecule has 0 aromatic carbocycles. The molecule has 1 fully saturated rings. The molecule has 1 saturated carbocycles. The molecule has 2 nitrogen and oxygen atoms in total. The first-order valence-corrected chi connectivity index (χ1v) is 6.11. The van der Waals surface area contributed by atoms with E-state index >= 15 is 0 Å². The number of rotatable bonds is 7. The zero-order chi connectivity index (χ0) is 10.6. The molecule has 84 valence electrons. The van der Waals surface area contributed by atoms with Crippen molar-refractivity contribution in [1.29, 1.82) is 0 Å². The van der Waals surface area contributed by atoms with Gasteiger partial charge in [-0.1, -0.05) is 13.8 Å². The van der Waals surface area contributed by atoms with Gasteiger partial charge in [-0.25, -0.2) is 0 Å². The highest BCUT2D eigenvalue weighted by Gasteiger charge is 2.42. The van der Waals surface area contributed by atoms with Crippen molar-refractivity contribution in [2.45, 2.75) is 52.5 Å². The lowest BCUT2D eigenvalue weighted by Gasteiger charge is -2.31. The fraction of sp³-hybridized carbons (Fsp3) is 1.00. The summed E-state index contributed by atoms with van der Waals surface area (Å²) in [4.78, 5) is 2.61. The van der Waals surface area contributed by atoms with Crippen LogP contribution in [-0.2, 0) is 0 Å². The third-order valence-electron chi connectivity index (χ3n) is 3.79. The predicted octanol–water partition coefficient (Wildman–Crippen LogP) is 2.24. The summed E-state index contributed by atoms with van der Waals surface area (Å²) in [6, 6.07) is 0.732. The van der Waals surface area contributed by atoms with Crippen LogP contribution in [0.2, 0.25) is 0 Å². The Morgan fingerprint density at radius 1 is 1.36 bits per heavy atom. The average molecular weight is 198 g/mol. The first-order chi connectivity index (χ1) is 6.67. The summed E-state index contributed by atoms with van der Waals surface area (Å²) in [7, 11) is 0. The lowest BCUT2D eigenvalue weighted by Crippen LogP contribution is -2.37. The third-order valence-corrected chi connectivity index (χ3v) is 3.79. The Bertz CT molecular complexity index is 164. The number of hydrogen-bond acceptors (Lipinski definition) is 2. The Hall–Kier alpha value is -0.0800. The van der Waals surface area contributed by atoms with Crippen molar-refractivity contribution >= 4 is 0 Å². The van der Waals surface area contributed by atoms with Gasteiger partial charge in [0.25, 0.3) is 0 Å². The van der Waals surface area contributed by atoms with Gasteiger partial charge < -0.3 is 10.6 Å². The fourth-order valence-electron chi connectivity index (χ4n) is 2.24. The van der Waals surface area contributed by atoms with Gasteiger partial charge in [0.15, 0.2) is 0 Å². The van der Waals surface area contributed by atoms with Gasteiger partial charge in [0.2, 0.25) is 0 Å². The Kier molecular flexibility index (Phi) is 4.39. The molecule has 1 unspecified atom stereocenters. The summed E-state index contributed by atoms with van der Waals surface area (Å²) in [5.41, 5.74) is 6.27. The van der Waals surface area contributed by atoms with Gasteiger partial charge in [-0.2, -0.15) is 0 Å². The van der Waals surface area contributed by atoms with Crippen LogP contribution >= 0.6 is 0 Å². The van der Waals surface area contributed by atoms with Gasteiger partial charge >= 0.3 is 0 Å². The molecule has 1 aliphatic carbocycles. The van der Waals surface area contributed by atoms with Crippen LogP contribution in [0.1, 0.15) is 46.5 Å². The van der Waals surface area contributed by atoms with Crippen LogP contribution < -0.4 is 5.73 Å². The van der Waals surface area contributed by atoms with E-state index in [0.717, 1.165) is 12.6 Å². The molecule has 0 bridgehead atoms. The average Bonchev–Trinajstić information content (AvgIpc) is 2.94. The van der Waals surface area contributed by atoms with Crippen molar-refractivity contribution in [3.8, 4) is 0 Å². The zero-order valence-electron chi connectivity index (χ0n) is 10.1. The van der Waals surface area contributed by atoms with E-state index in [1.165, 1.54) is 38.8 Å². The maximum atomic E-state index is 5.66. The monoisotopic (exact) mass is 198 g/mol. The van der Waals surface area contributed by atoms with Crippen molar-refractivity contribution in [3.05, 3.63) is 0 Å². The standard InChI is InChI=1S/C12H26N2/c1-4-11(3)14(5-2)10-12(6-7-12)8-9-13/h11H,4-10,13H2,1-3H3. The third kappa shape index (κ3) is 2.96. The summed E-state index contributed by atoms with van der Waals surface area (Å²) in [6.07, 6.45) is 5.28. The second-order valence-electron chi connectivity index (χ2n) is 4.86. The highest BCUT2D eigenvalue weighted by molar-refractivity contribution is 4.96. The quantitative estimate of drug-likeness (QED) is 0.680. The van der Waals surface area contributed by atoms with Gasteiger partial charge in [-0.05, 0) is 51.1 Å². The molecule has 2 heteroatoms. The van der Waals surface area contributed by atoms with Gasteiger partial charge in [0.1, 0.15) is 0 Å². The van der Waals surface area contributed by atoms with E-state index in [9.17, 15) is 0 Å². The normalized spacial score (nSPS) is 21.2. The molecule has 0 heterocycles. The van der Waals surface area contributed by atoms with Crippen LogP contribution in [0, 0.1) is 5.41 Å². The van der Waals surface area contributed by atoms with Gasteiger partial charge in [-0.3, -0.25) is 0 Å². The van der Waals surface area contributed by atoms with Crippen LogP contribution in [0.15, 0.2) is 0 Å². The molecule has 0 saturated heterocycles. The molecule has 2 N–H and O–H groups in total. The summed E-state index contributed by atoms with van der Waals surface area (Å²) in [6.45, 7) is 10.2. The van der Waals surface area contributed by atoms with Crippen molar-refractivity contribution in [2.24, 2.45) is 11.1 Å². The topological polar surface area (TPSA) is 29.3 Å². The second-order valence-corrected chi connectivity index (χ2v) is 4.86. The molecule has 0 aromatic heterocycles. The van der Waals surface area contributed by atoms with E-state index in [-0.39, 0.29) is 0 Å². The minimum atomic E-state index is 0.605. The van der Waals surface area contributed by atoms with Crippen molar-refractivity contribution < 1.29 is 0 Å². The first-order valence-electron chi connectivity index (χ1n) is 6.11. The molecule has 0 amide bonds. The van der Waals surface area contributed by atoms with E-state index in [0.29, 0.717) is 5.41 Å². The van der Waals surface area contributed by atoms with Crippen LogP contribution in [0.4, 0.5) is 0 Å². The SMILES string of the molecule is CCC(C)N(CC)CC1(CCN)CC1. The first kappa shape index (κ1) is 12.0. The maximum absolute atomic E-state index is 5.66. The molecule has 1 aliphatic rings. The second kappa shape index (κ2) is 5.13. The van der Waals surface area contributed by atoms with E-state index in [4.69, 9.17) is 5.73 Å². The highest BCUT2D eigenvalue weighted by atomic mass is 15.2. The fourth-order valence-corrected chi connectivity index (χ4v) is 2.24. The molecular formula is C12H26N2. The molecule has 0 aliphatic heterocycles. The zero-order valence-corrected chi connectivity index (χ0v) is 10.1. The molecule has 14 heavy (non-hydrogen) atoms. The van der Waals surface area contributed by atoms with E-state index in [1.807, 2.05) is 0 Å². The minimum Gasteiger partial charge on any atom is -0.330 e. The molecule has 0 radical (unpaired) electrons. The molecule has 0 aromatic rings. The van der Waals surface area contributed by atoms with Gasteiger partial charge in [0, 0.05) is 12.6 Å². The largest absolute Gasteiger partial charge is 0.330 e. The lowest BCUT2D eigenvalue weighted by molar-refractivity contribution is 0.168. The minimum absolute atomic E-state index is 0.605. The smallest absolute Gasteiger partial charge is 0.00644 e. The van der Waals surface area contributed by atoms with Gasteiger partial charge in [0.05, 0.1) is 0 Å². The maximum Gasteiger partial charge on any atom is 0.00644 e. The summed E-state index contributed by atoms with van der Waals surface area (Å²) >= 11 is 0. The number of nitrogens with zero attached hydrogens (tertiary/aromatic N) is 1. The van der Waals surface area contributed by atoms with Gasteiger partial charge in [-0.15, -0.1) is 0 Å². The van der Waals surface area contributed by atoms with Crippen LogP contribution in [0.3, 0.4) is 0 Å². The van der Waals surface area contributed by atoms with E-state index in [1.54, 1.807) is 0 Å². The van der Waals surface area contributed by atoms with Crippen LogP contribution in [0.25, 0.3) is 0 Å². The molecular weight excluding hydrogens is 172 g/mol. The molecule has 1 atom stereocenters. The van der Waals surface area contributed by atoms with Crippen LogP contribution in [0.5, 0.6) is 0 Å². The summed E-state index contributed by atoms with van der Waals surface area (Å²) in [5, 5.41) is 0. The predicted molar refractivity (Wildman–Crippen MR) is 62.3 cm³/mol. The Morgan fingerprint density at radius 2 is 2.00 bits per heavy atom. The van der Waals surface area contributed by atoms with E-state index in [2.05, 4.69) is 25.7 Å². The van der Waals surface area contributed by atoms with Crippen molar-refractivity contribution in [1.82, 2.24) is 4.90 Å². The number of nitrogens with two attached hydrogens (primary N) is 1.